The van der Waals surface area contributed by atoms with Crippen molar-refractivity contribution in [2.45, 2.75) is 45.0 Å². The quantitative estimate of drug-likeness (QED) is 0.620. The molecule has 1 fully saturated rings. The fraction of sp³-hybridized carbons (Fsp3) is 0.562. The third-order valence-electron chi connectivity index (χ3n) is 4.44. The topological polar surface area (TPSA) is 17.8 Å². The molecule has 1 saturated carbocycles. The molecule has 0 radical (unpaired) electrons. The third kappa shape index (κ3) is 2.85. The summed E-state index contributed by atoms with van der Waals surface area (Å²) in [6.07, 6.45) is 3.48. The predicted molar refractivity (Wildman–Crippen MR) is 88.2 cm³/mol. The van der Waals surface area contributed by atoms with Gasteiger partial charge in [0.1, 0.15) is 11.6 Å². The van der Waals surface area contributed by atoms with Gasteiger partial charge in [0, 0.05) is 12.1 Å². The molecule has 0 spiro atoms. The first-order valence-corrected chi connectivity index (χ1v) is 8.74. The number of imidazole rings is 1. The summed E-state index contributed by atoms with van der Waals surface area (Å²) in [7, 11) is 0. The Morgan fingerprint density at radius 3 is 2.57 bits per heavy atom. The van der Waals surface area contributed by atoms with E-state index in [1.165, 1.54) is 6.42 Å². The Hall–Kier alpha value is -0.610. The molecule has 1 heterocycles. The van der Waals surface area contributed by atoms with Crippen LogP contribution in [0.2, 0.25) is 0 Å². The lowest BCUT2D eigenvalue weighted by atomic mass is 9.80. The van der Waals surface area contributed by atoms with Gasteiger partial charge in [0.05, 0.1) is 21.4 Å². The SMILES string of the molecule is CC1CC(C)CC(n2c(CCl)nc3cc(Br)c(F)cc32)C1. The van der Waals surface area contributed by atoms with Gasteiger partial charge in [0.2, 0.25) is 0 Å². The van der Waals surface area contributed by atoms with E-state index >= 15 is 0 Å². The monoisotopic (exact) mass is 372 g/mol. The van der Waals surface area contributed by atoms with Gasteiger partial charge in [-0.05, 0) is 53.1 Å². The Morgan fingerprint density at radius 1 is 1.29 bits per heavy atom. The van der Waals surface area contributed by atoms with Gasteiger partial charge < -0.3 is 4.57 Å². The zero-order valence-corrected chi connectivity index (χ0v) is 14.6. The summed E-state index contributed by atoms with van der Waals surface area (Å²) < 4.78 is 16.6. The average Bonchev–Trinajstić information content (AvgIpc) is 2.75. The van der Waals surface area contributed by atoms with Gasteiger partial charge >= 0.3 is 0 Å². The van der Waals surface area contributed by atoms with E-state index in [2.05, 4.69) is 39.3 Å². The largest absolute Gasteiger partial charge is 0.324 e. The lowest BCUT2D eigenvalue weighted by Gasteiger charge is -2.33. The van der Waals surface area contributed by atoms with E-state index in [0.717, 1.165) is 29.7 Å². The number of nitrogens with zero attached hydrogens (tertiary/aromatic N) is 2. The number of hydrogen-bond acceptors (Lipinski definition) is 1. The van der Waals surface area contributed by atoms with Gasteiger partial charge in [0.25, 0.3) is 0 Å². The van der Waals surface area contributed by atoms with Crippen molar-refractivity contribution in [1.29, 1.82) is 0 Å². The first-order chi connectivity index (χ1) is 9.99. The van der Waals surface area contributed by atoms with Crippen LogP contribution < -0.4 is 0 Å². The van der Waals surface area contributed by atoms with Crippen LogP contribution >= 0.6 is 27.5 Å². The van der Waals surface area contributed by atoms with Crippen LogP contribution in [-0.4, -0.2) is 9.55 Å². The van der Waals surface area contributed by atoms with Crippen LogP contribution in [0, 0.1) is 17.7 Å². The Bertz CT molecular complexity index is 660. The average molecular weight is 374 g/mol. The van der Waals surface area contributed by atoms with Crippen molar-refractivity contribution >= 4 is 38.6 Å². The number of benzene rings is 1. The van der Waals surface area contributed by atoms with Gasteiger partial charge in [-0.25, -0.2) is 9.37 Å². The lowest BCUT2D eigenvalue weighted by molar-refractivity contribution is 0.222. The second-order valence-electron chi connectivity index (χ2n) is 6.36. The molecular weight excluding hydrogens is 355 g/mol. The van der Waals surface area contributed by atoms with E-state index in [1.807, 2.05) is 0 Å². The maximum Gasteiger partial charge on any atom is 0.139 e. The maximum atomic E-state index is 13.9. The molecule has 0 N–H and O–H groups in total. The van der Waals surface area contributed by atoms with Crippen LogP contribution in [0.4, 0.5) is 4.39 Å². The normalized spacial score (nSPS) is 26.4. The van der Waals surface area contributed by atoms with E-state index in [9.17, 15) is 4.39 Å². The highest BCUT2D eigenvalue weighted by Gasteiger charge is 2.28. The molecule has 2 aromatic rings. The summed E-state index contributed by atoms with van der Waals surface area (Å²) in [5, 5.41) is 0. The van der Waals surface area contributed by atoms with Crippen molar-refractivity contribution in [2.24, 2.45) is 11.8 Å². The van der Waals surface area contributed by atoms with Crippen LogP contribution in [0.3, 0.4) is 0 Å². The minimum atomic E-state index is -0.248. The maximum absolute atomic E-state index is 13.9. The van der Waals surface area contributed by atoms with Crippen LogP contribution in [0.1, 0.15) is 45.0 Å². The summed E-state index contributed by atoms with van der Waals surface area (Å²) in [6, 6.07) is 3.68. The second-order valence-corrected chi connectivity index (χ2v) is 7.48. The highest BCUT2D eigenvalue weighted by Crippen LogP contribution is 2.39. The fourth-order valence-electron chi connectivity index (χ4n) is 3.76. The molecular formula is C16H19BrClFN2. The van der Waals surface area contributed by atoms with E-state index in [0.29, 0.717) is 28.2 Å². The fourth-order valence-corrected chi connectivity index (χ4v) is 4.28. The number of aromatic nitrogens is 2. The van der Waals surface area contributed by atoms with E-state index < -0.39 is 0 Å². The molecule has 2 atom stereocenters. The highest BCUT2D eigenvalue weighted by atomic mass is 79.9. The molecule has 0 amide bonds. The van der Waals surface area contributed by atoms with Gasteiger partial charge in [-0.1, -0.05) is 13.8 Å². The number of rotatable bonds is 2. The molecule has 2 nitrogen and oxygen atoms in total. The third-order valence-corrected chi connectivity index (χ3v) is 5.29. The van der Waals surface area contributed by atoms with Crippen LogP contribution in [-0.2, 0) is 5.88 Å². The molecule has 0 aliphatic heterocycles. The van der Waals surface area contributed by atoms with Crippen molar-refractivity contribution in [3.63, 3.8) is 0 Å². The zero-order chi connectivity index (χ0) is 15.1. The minimum absolute atomic E-state index is 0.248. The molecule has 5 heteroatoms. The standard InChI is InChI=1S/C16H19BrClFN2/c1-9-3-10(2)5-11(4-9)21-15-7-13(19)12(17)6-14(15)20-16(21)8-18/h6-7,9-11H,3-5,8H2,1-2H3. The Morgan fingerprint density at radius 2 is 1.95 bits per heavy atom. The Balaban J connectivity index is 2.13. The minimum Gasteiger partial charge on any atom is -0.324 e. The molecule has 2 unspecified atom stereocenters. The molecule has 1 aromatic heterocycles. The van der Waals surface area contributed by atoms with Crippen molar-refractivity contribution in [3.05, 3.63) is 28.2 Å². The summed E-state index contributed by atoms with van der Waals surface area (Å²) >= 11 is 9.32. The van der Waals surface area contributed by atoms with Crippen molar-refractivity contribution in [2.75, 3.05) is 0 Å². The van der Waals surface area contributed by atoms with Crippen LogP contribution in [0.25, 0.3) is 11.0 Å². The molecule has 1 aliphatic rings. The van der Waals surface area contributed by atoms with Gasteiger partial charge in [-0.2, -0.15) is 0 Å². The second kappa shape index (κ2) is 5.88. The Kier molecular flexibility index (Phi) is 4.28. The van der Waals surface area contributed by atoms with Crippen molar-refractivity contribution in [3.8, 4) is 0 Å². The molecule has 0 saturated heterocycles. The zero-order valence-electron chi connectivity index (χ0n) is 12.2. The van der Waals surface area contributed by atoms with E-state index in [4.69, 9.17) is 11.6 Å². The summed E-state index contributed by atoms with van der Waals surface area (Å²) in [5.41, 5.74) is 1.67. The molecule has 114 valence electrons. The first-order valence-electron chi connectivity index (χ1n) is 7.41. The molecule has 21 heavy (non-hydrogen) atoms. The molecule has 0 bridgehead atoms. The number of hydrogen-bond donors (Lipinski definition) is 0. The number of fused-ring (bicyclic) bond motifs is 1. The molecule has 3 rings (SSSR count). The van der Waals surface area contributed by atoms with Crippen LogP contribution in [0.15, 0.2) is 16.6 Å². The first kappa shape index (κ1) is 15.3. The van der Waals surface area contributed by atoms with Crippen molar-refractivity contribution in [1.82, 2.24) is 9.55 Å². The number of alkyl halides is 1. The predicted octanol–water partition coefficient (Wildman–Crippen LogP) is 5.67. The summed E-state index contributed by atoms with van der Waals surface area (Å²) in [6.45, 7) is 4.58. The summed E-state index contributed by atoms with van der Waals surface area (Å²) in [4.78, 5) is 4.59. The Labute approximate surface area is 137 Å². The van der Waals surface area contributed by atoms with E-state index in [1.54, 1.807) is 12.1 Å². The molecule has 1 aliphatic carbocycles. The van der Waals surface area contributed by atoms with Crippen LogP contribution in [0.5, 0.6) is 0 Å². The highest BCUT2D eigenvalue weighted by molar-refractivity contribution is 9.10. The van der Waals surface area contributed by atoms with Gasteiger partial charge in [0.15, 0.2) is 0 Å². The summed E-state index contributed by atoms with van der Waals surface area (Å²) in [5.74, 6) is 2.31. The number of halogens is 3. The van der Waals surface area contributed by atoms with Crippen molar-refractivity contribution < 1.29 is 4.39 Å². The smallest absolute Gasteiger partial charge is 0.139 e. The van der Waals surface area contributed by atoms with Gasteiger partial charge in [-0.3, -0.25) is 0 Å². The van der Waals surface area contributed by atoms with E-state index in [-0.39, 0.29) is 5.82 Å². The van der Waals surface area contributed by atoms with Gasteiger partial charge in [-0.15, -0.1) is 11.6 Å². The lowest BCUT2D eigenvalue weighted by Crippen LogP contribution is -2.23. The molecule has 1 aromatic carbocycles.